The van der Waals surface area contributed by atoms with E-state index in [1.165, 1.54) is 57.9 Å². The van der Waals surface area contributed by atoms with Crippen molar-refractivity contribution in [2.45, 2.75) is 0 Å². The van der Waals surface area contributed by atoms with Crippen LogP contribution in [0.3, 0.4) is 0 Å². The molecular formula is C63H38N4S. The molecule has 0 atom stereocenters. The van der Waals surface area contributed by atoms with E-state index in [2.05, 4.69) is 217 Å². The highest BCUT2D eigenvalue weighted by Gasteiger charge is 2.25. The third-order valence-electron chi connectivity index (χ3n) is 13.5. The van der Waals surface area contributed by atoms with E-state index >= 15 is 0 Å². The van der Waals surface area contributed by atoms with Gasteiger partial charge in [-0.25, -0.2) is 15.0 Å². The second-order valence-electron chi connectivity index (χ2n) is 17.6. The van der Waals surface area contributed by atoms with E-state index in [1.54, 1.807) is 11.3 Å². The Hall–Kier alpha value is -8.77. The maximum atomic E-state index is 5.49. The molecule has 14 aromatic rings. The van der Waals surface area contributed by atoms with Crippen LogP contribution in [0.15, 0.2) is 231 Å². The average Bonchev–Trinajstić information content (AvgIpc) is 3.94. The van der Waals surface area contributed by atoms with E-state index < -0.39 is 0 Å². The summed E-state index contributed by atoms with van der Waals surface area (Å²) in [6, 6.07) is 83.2. The summed E-state index contributed by atoms with van der Waals surface area (Å²) in [5, 5.41) is 12.0. The summed E-state index contributed by atoms with van der Waals surface area (Å²) < 4.78 is 4.96. The molecular weight excluding hydrogens is 845 g/mol. The number of nitrogens with zero attached hydrogens (tertiary/aromatic N) is 4. The Morgan fingerprint density at radius 3 is 1.46 bits per heavy atom. The Balaban J connectivity index is 1.13. The molecule has 0 radical (unpaired) electrons. The summed E-state index contributed by atoms with van der Waals surface area (Å²) in [6.07, 6.45) is 0. The van der Waals surface area contributed by atoms with Crippen LogP contribution < -0.4 is 0 Å². The van der Waals surface area contributed by atoms with Gasteiger partial charge in [-0.2, -0.15) is 0 Å². The molecule has 0 spiro atoms. The van der Waals surface area contributed by atoms with Gasteiger partial charge in [-0.1, -0.05) is 176 Å². The van der Waals surface area contributed by atoms with Crippen LogP contribution in [0.25, 0.3) is 136 Å². The molecule has 5 heteroatoms. The largest absolute Gasteiger partial charge is 0.308 e. The standard InChI is InChI=1S/C63H38N4S/c1-3-17-40(18-4-1)51-35-48(62-64-61(41-19-5-2-6-20-41)65-63(66-62)50-27-15-29-58-59(50)49-26-13-14-28-57(49)68-58)36-52(47-31-30-39-16-7-8-21-42(39)32-47)60(51)67-55-37-45-24-11-9-22-43(45)33-53(55)54-34-44-23-10-12-25-46(44)38-56(54)67/h1-38H. The summed E-state index contributed by atoms with van der Waals surface area (Å²) in [5.74, 6) is 1.87. The van der Waals surface area contributed by atoms with E-state index in [-0.39, 0.29) is 0 Å². The van der Waals surface area contributed by atoms with Crippen molar-refractivity contribution in [1.29, 1.82) is 0 Å². The summed E-state index contributed by atoms with van der Waals surface area (Å²) in [6.45, 7) is 0. The summed E-state index contributed by atoms with van der Waals surface area (Å²) >= 11 is 1.80. The van der Waals surface area contributed by atoms with Crippen molar-refractivity contribution in [2.24, 2.45) is 0 Å². The Morgan fingerprint density at radius 2 is 0.794 bits per heavy atom. The van der Waals surface area contributed by atoms with E-state index in [1.807, 2.05) is 18.2 Å². The molecule has 0 saturated carbocycles. The van der Waals surface area contributed by atoms with Crippen LogP contribution in [0.1, 0.15) is 0 Å². The second kappa shape index (κ2) is 15.4. The third kappa shape index (κ3) is 6.24. The summed E-state index contributed by atoms with van der Waals surface area (Å²) in [7, 11) is 0. The van der Waals surface area contributed by atoms with Crippen LogP contribution in [-0.4, -0.2) is 19.5 Å². The van der Waals surface area contributed by atoms with Crippen molar-refractivity contribution in [1.82, 2.24) is 19.5 Å². The van der Waals surface area contributed by atoms with Crippen LogP contribution in [0.4, 0.5) is 0 Å². The molecule has 14 rings (SSSR count). The van der Waals surface area contributed by atoms with Gasteiger partial charge < -0.3 is 4.57 Å². The summed E-state index contributed by atoms with van der Waals surface area (Å²) in [5.41, 5.74) is 10.5. The first-order valence-corrected chi connectivity index (χ1v) is 23.8. The monoisotopic (exact) mass is 882 g/mol. The smallest absolute Gasteiger partial charge is 0.164 e. The van der Waals surface area contributed by atoms with Crippen LogP contribution in [0.5, 0.6) is 0 Å². The molecule has 0 unspecified atom stereocenters. The van der Waals surface area contributed by atoms with Crippen molar-refractivity contribution in [3.8, 4) is 62.1 Å². The predicted molar refractivity (Wildman–Crippen MR) is 287 cm³/mol. The van der Waals surface area contributed by atoms with Gasteiger partial charge in [0.25, 0.3) is 0 Å². The maximum Gasteiger partial charge on any atom is 0.164 e. The van der Waals surface area contributed by atoms with E-state index in [0.29, 0.717) is 17.5 Å². The first-order valence-electron chi connectivity index (χ1n) is 23.0. The van der Waals surface area contributed by atoms with Crippen molar-refractivity contribution in [2.75, 3.05) is 0 Å². The molecule has 0 saturated heterocycles. The van der Waals surface area contributed by atoms with Crippen LogP contribution in [0.2, 0.25) is 0 Å². The number of thiophene rings is 1. The Kier molecular flexibility index (Phi) is 8.73. The minimum atomic E-state index is 0.607. The third-order valence-corrected chi connectivity index (χ3v) is 14.7. The number of aromatic nitrogens is 4. The molecule has 0 aliphatic carbocycles. The fourth-order valence-corrected chi connectivity index (χ4v) is 11.5. The molecule has 0 N–H and O–H groups in total. The predicted octanol–water partition coefficient (Wildman–Crippen LogP) is 17.1. The van der Waals surface area contributed by atoms with Crippen molar-refractivity contribution >= 4 is 85.6 Å². The number of benzene rings is 11. The molecule has 4 nitrogen and oxygen atoms in total. The number of fused-ring (bicyclic) bond motifs is 9. The lowest BCUT2D eigenvalue weighted by molar-refractivity contribution is 1.08. The van der Waals surface area contributed by atoms with Gasteiger partial charge in [-0.3, -0.25) is 0 Å². The maximum absolute atomic E-state index is 5.49. The van der Waals surface area contributed by atoms with Gasteiger partial charge in [0.1, 0.15) is 0 Å². The quantitative estimate of drug-likeness (QED) is 0.167. The van der Waals surface area contributed by atoms with Crippen LogP contribution in [0, 0.1) is 0 Å². The van der Waals surface area contributed by atoms with Gasteiger partial charge in [0.2, 0.25) is 0 Å². The number of rotatable bonds is 6. The molecule has 0 bridgehead atoms. The van der Waals surface area contributed by atoms with Gasteiger partial charge in [0, 0.05) is 58.8 Å². The zero-order valence-electron chi connectivity index (χ0n) is 36.6. The van der Waals surface area contributed by atoms with Gasteiger partial charge in [-0.15, -0.1) is 11.3 Å². The minimum absolute atomic E-state index is 0.607. The molecule has 0 aliphatic rings. The number of hydrogen-bond donors (Lipinski definition) is 0. The average molecular weight is 883 g/mol. The SMILES string of the molecule is c1ccc(-c2nc(-c3cc(-c4ccccc4)c(-n4c5cc6ccccc6cc5c5cc6ccccc6cc54)c(-c4ccc5ccccc5c4)c3)nc(-c3cccc4sc5ccccc5c34)n2)cc1. The van der Waals surface area contributed by atoms with Gasteiger partial charge in [0.15, 0.2) is 17.5 Å². The molecule has 316 valence electrons. The number of hydrogen-bond acceptors (Lipinski definition) is 4. The molecule has 11 aromatic carbocycles. The first kappa shape index (κ1) is 38.5. The fraction of sp³-hybridized carbons (Fsp3) is 0. The molecule has 68 heavy (non-hydrogen) atoms. The summed E-state index contributed by atoms with van der Waals surface area (Å²) in [4.78, 5) is 16.2. The molecule has 0 amide bonds. The van der Waals surface area contributed by atoms with Crippen molar-refractivity contribution < 1.29 is 0 Å². The zero-order valence-corrected chi connectivity index (χ0v) is 37.5. The molecule has 0 fully saturated rings. The first-order chi connectivity index (χ1) is 33.7. The Labute approximate surface area is 395 Å². The highest BCUT2D eigenvalue weighted by atomic mass is 32.1. The van der Waals surface area contributed by atoms with Crippen LogP contribution >= 0.6 is 11.3 Å². The van der Waals surface area contributed by atoms with Gasteiger partial charge in [0.05, 0.1) is 16.7 Å². The van der Waals surface area contributed by atoms with E-state index in [4.69, 9.17) is 15.0 Å². The van der Waals surface area contributed by atoms with Crippen LogP contribution in [-0.2, 0) is 0 Å². The highest BCUT2D eigenvalue weighted by Crippen LogP contribution is 2.46. The Morgan fingerprint density at radius 1 is 0.294 bits per heavy atom. The lowest BCUT2D eigenvalue weighted by atomic mass is 9.91. The van der Waals surface area contributed by atoms with Gasteiger partial charge >= 0.3 is 0 Å². The minimum Gasteiger partial charge on any atom is -0.308 e. The lowest BCUT2D eigenvalue weighted by Gasteiger charge is -2.21. The van der Waals surface area contributed by atoms with Gasteiger partial charge in [-0.05, 0) is 98.0 Å². The van der Waals surface area contributed by atoms with E-state index in [9.17, 15) is 0 Å². The lowest BCUT2D eigenvalue weighted by Crippen LogP contribution is -2.04. The van der Waals surface area contributed by atoms with Crippen molar-refractivity contribution in [3.63, 3.8) is 0 Å². The fourth-order valence-electron chi connectivity index (χ4n) is 10.4. The topological polar surface area (TPSA) is 43.6 Å². The molecule has 3 aromatic heterocycles. The second-order valence-corrected chi connectivity index (χ2v) is 18.6. The molecule has 3 heterocycles. The van der Waals surface area contributed by atoms with E-state index in [0.717, 1.165) is 61.1 Å². The Bertz CT molecular complexity index is 4230. The van der Waals surface area contributed by atoms with Crippen molar-refractivity contribution in [3.05, 3.63) is 231 Å². The highest BCUT2D eigenvalue weighted by molar-refractivity contribution is 7.25. The normalized spacial score (nSPS) is 11.8. The molecule has 0 aliphatic heterocycles. The zero-order chi connectivity index (χ0) is 44.7.